The van der Waals surface area contributed by atoms with Gasteiger partial charge in [0.05, 0.1) is 34.2 Å². The predicted octanol–water partition coefficient (Wildman–Crippen LogP) is 16.3. The van der Waals surface area contributed by atoms with Crippen molar-refractivity contribution in [3.8, 4) is 0 Å². The summed E-state index contributed by atoms with van der Waals surface area (Å²) >= 11 is 0. The summed E-state index contributed by atoms with van der Waals surface area (Å²) in [5.41, 5.74) is 0. The molecule has 68 heavy (non-hydrogen) atoms. The van der Waals surface area contributed by atoms with Crippen molar-refractivity contribution in [3.05, 3.63) is 72.9 Å². The number of rotatable bonds is 50. The lowest BCUT2D eigenvalue weighted by molar-refractivity contribution is -0.870. The minimum atomic E-state index is -4.66. The van der Waals surface area contributed by atoms with E-state index >= 15 is 0 Å². The molecular weight excluding hydrogens is 870 g/mol. The topological polar surface area (TPSA) is 111 Å². The maximum Gasteiger partial charge on any atom is 0.310 e. The number of phosphoric ester groups is 1. The van der Waals surface area contributed by atoms with Gasteiger partial charge >= 0.3 is 11.9 Å². The summed E-state index contributed by atoms with van der Waals surface area (Å²) in [7, 11) is 1.11. The Balaban J connectivity index is 4.14. The van der Waals surface area contributed by atoms with Gasteiger partial charge in [0.2, 0.25) is 0 Å². The Labute approximate surface area is 418 Å². The number of hydrogen-bond acceptors (Lipinski definition) is 8. The third kappa shape index (κ3) is 52.8. The number of allylic oxidation sites excluding steroid dienone is 11. The van der Waals surface area contributed by atoms with Gasteiger partial charge in [0.1, 0.15) is 19.8 Å². The molecule has 0 saturated carbocycles. The molecule has 0 heterocycles. The van der Waals surface area contributed by atoms with Crippen molar-refractivity contribution < 1.29 is 42.1 Å². The fourth-order valence-corrected chi connectivity index (χ4v) is 8.22. The second-order valence-corrected chi connectivity index (χ2v) is 21.0. The molecule has 0 rings (SSSR count). The Morgan fingerprint density at radius 3 is 1.31 bits per heavy atom. The van der Waals surface area contributed by atoms with Gasteiger partial charge in [-0.1, -0.05) is 228 Å². The van der Waals surface area contributed by atoms with Crippen LogP contribution in [0.25, 0.3) is 0 Å². The standard InChI is InChI=1S/C58H104NO8P/c1-6-8-10-12-14-16-18-20-22-23-24-25-26-27-28-29-30-31-32-33-34-35-37-38-40-42-44-46-48-50-57(60)64-54-56(55-66-68(62,63)65-53-52-59(3,4)5)67-58(61)51-49-47-45-43-41-39-36-21-19-17-15-13-11-9-7-2/h9,11,15,17,21,23-24,36,41,43,47,49,56H,6-8,10,12-14,16,18-20,22,25-35,37-40,42,44-46,48,50-55H2,1-5H3/b11-9-,17-15-,24-23-,36-21-,43-41-,49-47-. The maximum absolute atomic E-state index is 12.7. The van der Waals surface area contributed by atoms with Crippen LogP contribution >= 0.6 is 7.82 Å². The van der Waals surface area contributed by atoms with E-state index in [2.05, 4.69) is 68.5 Å². The molecule has 9 nitrogen and oxygen atoms in total. The van der Waals surface area contributed by atoms with Crippen LogP contribution in [-0.4, -0.2) is 70.0 Å². The van der Waals surface area contributed by atoms with Crippen molar-refractivity contribution in [2.75, 3.05) is 47.5 Å². The van der Waals surface area contributed by atoms with Gasteiger partial charge in [0.25, 0.3) is 7.82 Å². The normalized spacial score (nSPS) is 13.9. The highest BCUT2D eigenvalue weighted by molar-refractivity contribution is 7.45. The van der Waals surface area contributed by atoms with E-state index in [1.807, 2.05) is 33.3 Å². The molecule has 0 aliphatic rings. The highest BCUT2D eigenvalue weighted by atomic mass is 31.2. The number of carbonyl (C=O) groups excluding carboxylic acids is 2. The number of nitrogens with zero attached hydrogens (tertiary/aromatic N) is 1. The average molecular weight is 974 g/mol. The number of hydrogen-bond donors (Lipinski definition) is 0. The van der Waals surface area contributed by atoms with E-state index in [0.29, 0.717) is 17.4 Å². The Hall–Kier alpha value is -2.55. The zero-order chi connectivity index (χ0) is 49.9. The van der Waals surface area contributed by atoms with E-state index < -0.39 is 32.5 Å². The van der Waals surface area contributed by atoms with Gasteiger partial charge < -0.3 is 27.9 Å². The fourth-order valence-electron chi connectivity index (χ4n) is 7.49. The molecule has 0 amide bonds. The van der Waals surface area contributed by atoms with Crippen LogP contribution in [0.2, 0.25) is 0 Å². The van der Waals surface area contributed by atoms with Gasteiger partial charge in [-0.3, -0.25) is 14.2 Å². The van der Waals surface area contributed by atoms with Crippen LogP contribution in [-0.2, 0) is 32.7 Å². The van der Waals surface area contributed by atoms with Gasteiger partial charge in [0.15, 0.2) is 6.10 Å². The van der Waals surface area contributed by atoms with Crippen LogP contribution in [0.1, 0.15) is 232 Å². The molecule has 10 heteroatoms. The Kier molecular flexibility index (Phi) is 47.6. The van der Waals surface area contributed by atoms with Crippen molar-refractivity contribution in [1.29, 1.82) is 0 Å². The first-order valence-corrected chi connectivity index (χ1v) is 29.1. The summed E-state index contributed by atoms with van der Waals surface area (Å²) in [6, 6.07) is 0. The zero-order valence-electron chi connectivity index (χ0n) is 44.5. The summed E-state index contributed by atoms with van der Waals surface area (Å²) in [6.07, 6.45) is 64.3. The molecule has 0 N–H and O–H groups in total. The molecule has 0 aliphatic carbocycles. The van der Waals surface area contributed by atoms with Crippen molar-refractivity contribution in [1.82, 2.24) is 0 Å². The van der Waals surface area contributed by atoms with Crippen LogP contribution in [0.4, 0.5) is 0 Å². The number of likely N-dealkylation sites (N-methyl/N-ethyl adjacent to an activating group) is 1. The number of phosphoric acid groups is 1. The Bertz CT molecular complexity index is 1380. The third-order valence-corrected chi connectivity index (χ3v) is 12.7. The summed E-state index contributed by atoms with van der Waals surface area (Å²) in [5, 5.41) is 0. The number of ether oxygens (including phenoxy) is 2. The zero-order valence-corrected chi connectivity index (χ0v) is 45.4. The van der Waals surface area contributed by atoms with Crippen molar-refractivity contribution in [3.63, 3.8) is 0 Å². The molecule has 394 valence electrons. The van der Waals surface area contributed by atoms with E-state index in [1.165, 1.54) is 154 Å². The number of carbonyl (C=O) groups is 2. The molecular formula is C58H104NO8P. The fraction of sp³-hybridized carbons (Fsp3) is 0.759. The number of esters is 2. The molecule has 0 bridgehead atoms. The lowest BCUT2D eigenvalue weighted by atomic mass is 10.0. The van der Waals surface area contributed by atoms with Gasteiger partial charge in [-0.2, -0.15) is 0 Å². The SMILES string of the molecule is CC/C=C\C/C=C\C/C=C\C/C=C\C/C=C\CC(=O)OC(COC(=O)CCCCCCCCCCCCCCCCCCC/C=C\CCCCCCCCCC)COP(=O)([O-])OCC[N+](C)(C)C. The number of quaternary nitrogens is 1. The van der Waals surface area contributed by atoms with E-state index in [0.717, 1.165) is 44.9 Å². The van der Waals surface area contributed by atoms with Crippen molar-refractivity contribution >= 4 is 19.8 Å². The highest BCUT2D eigenvalue weighted by Gasteiger charge is 2.21. The van der Waals surface area contributed by atoms with Crippen LogP contribution in [0.3, 0.4) is 0 Å². The number of unbranched alkanes of at least 4 members (excludes halogenated alkanes) is 25. The van der Waals surface area contributed by atoms with Gasteiger partial charge in [-0.05, 0) is 64.2 Å². The highest BCUT2D eigenvalue weighted by Crippen LogP contribution is 2.38. The van der Waals surface area contributed by atoms with E-state index in [1.54, 1.807) is 6.08 Å². The van der Waals surface area contributed by atoms with Crippen LogP contribution in [0, 0.1) is 0 Å². The van der Waals surface area contributed by atoms with E-state index in [-0.39, 0.29) is 26.1 Å². The lowest BCUT2D eigenvalue weighted by Gasteiger charge is -2.28. The molecule has 2 atom stereocenters. The van der Waals surface area contributed by atoms with Gasteiger partial charge in [0, 0.05) is 6.42 Å². The average Bonchev–Trinajstić information content (AvgIpc) is 3.30. The van der Waals surface area contributed by atoms with E-state index in [9.17, 15) is 19.0 Å². The van der Waals surface area contributed by atoms with Crippen LogP contribution < -0.4 is 4.89 Å². The van der Waals surface area contributed by atoms with Gasteiger partial charge in [-0.25, -0.2) is 0 Å². The molecule has 0 aromatic carbocycles. The van der Waals surface area contributed by atoms with E-state index in [4.69, 9.17) is 18.5 Å². The maximum atomic E-state index is 12.7. The molecule has 0 aromatic heterocycles. The van der Waals surface area contributed by atoms with Gasteiger partial charge in [-0.15, -0.1) is 0 Å². The summed E-state index contributed by atoms with van der Waals surface area (Å²) in [5.74, 6) is -0.979. The van der Waals surface area contributed by atoms with Crippen LogP contribution in [0.15, 0.2) is 72.9 Å². The van der Waals surface area contributed by atoms with Crippen molar-refractivity contribution in [2.24, 2.45) is 0 Å². The molecule has 0 aromatic rings. The van der Waals surface area contributed by atoms with Crippen molar-refractivity contribution in [2.45, 2.75) is 238 Å². The minimum absolute atomic E-state index is 0.00861. The minimum Gasteiger partial charge on any atom is -0.756 e. The molecule has 0 saturated heterocycles. The lowest BCUT2D eigenvalue weighted by Crippen LogP contribution is -2.37. The quantitative estimate of drug-likeness (QED) is 0.0195. The molecule has 0 fully saturated rings. The van der Waals surface area contributed by atoms with Crippen LogP contribution in [0.5, 0.6) is 0 Å². The second-order valence-electron chi connectivity index (χ2n) is 19.6. The molecule has 0 aliphatic heterocycles. The smallest absolute Gasteiger partial charge is 0.310 e. The second kappa shape index (κ2) is 49.4. The first-order chi connectivity index (χ1) is 33.0. The first kappa shape index (κ1) is 65.5. The summed E-state index contributed by atoms with van der Waals surface area (Å²) in [6.45, 7) is 4.02. The first-order valence-electron chi connectivity index (χ1n) is 27.6. The summed E-state index contributed by atoms with van der Waals surface area (Å²) < 4.78 is 33.9. The molecule has 0 spiro atoms. The largest absolute Gasteiger partial charge is 0.756 e. The molecule has 0 radical (unpaired) electrons. The third-order valence-electron chi connectivity index (χ3n) is 11.7. The summed E-state index contributed by atoms with van der Waals surface area (Å²) in [4.78, 5) is 37.7. The monoisotopic (exact) mass is 974 g/mol. The Morgan fingerprint density at radius 1 is 0.485 bits per heavy atom. The molecule has 2 unspecified atom stereocenters. The predicted molar refractivity (Wildman–Crippen MR) is 286 cm³/mol. The Morgan fingerprint density at radius 2 is 0.882 bits per heavy atom.